The Balaban J connectivity index is 1.55. The number of rotatable bonds is 3. The molecule has 0 aromatic heterocycles. The van der Waals surface area contributed by atoms with Gasteiger partial charge in [0.15, 0.2) is 0 Å². The second-order valence-electron chi connectivity index (χ2n) is 5.90. The molecule has 1 N–H and O–H groups in total. The number of amides is 1. The molecule has 0 radical (unpaired) electrons. The Morgan fingerprint density at radius 1 is 1.21 bits per heavy atom. The molecule has 5 nitrogen and oxygen atoms in total. The quantitative estimate of drug-likeness (QED) is 0.777. The van der Waals surface area contributed by atoms with Crippen molar-refractivity contribution in [3.05, 3.63) is 0 Å². The fraction of sp³-hybridized carbons (Fsp3) is 0.929. The molecular formula is C14H25N3O2. The van der Waals surface area contributed by atoms with E-state index in [1.54, 1.807) is 0 Å². The minimum Gasteiger partial charge on any atom is -0.379 e. The number of likely N-dealkylation sites (tertiary alicyclic amines) is 1. The third kappa shape index (κ3) is 3.09. The van der Waals surface area contributed by atoms with E-state index in [4.69, 9.17) is 4.74 Å². The molecule has 3 aliphatic rings. The summed E-state index contributed by atoms with van der Waals surface area (Å²) < 4.78 is 5.37. The number of fused-ring (bicyclic) bond motifs is 1. The number of nitrogens with zero attached hydrogens (tertiary/aromatic N) is 2. The summed E-state index contributed by atoms with van der Waals surface area (Å²) in [4.78, 5) is 16.8. The molecule has 3 fully saturated rings. The molecular weight excluding hydrogens is 242 g/mol. The number of ether oxygens (including phenoxy) is 1. The second kappa shape index (κ2) is 6.20. The molecule has 0 spiro atoms. The summed E-state index contributed by atoms with van der Waals surface area (Å²) in [6.45, 7) is 7.75. The largest absolute Gasteiger partial charge is 0.379 e. The van der Waals surface area contributed by atoms with Gasteiger partial charge in [-0.05, 0) is 31.8 Å². The van der Waals surface area contributed by atoms with Crippen molar-refractivity contribution in [3.8, 4) is 0 Å². The number of carbonyl (C=O) groups is 1. The molecule has 2 unspecified atom stereocenters. The summed E-state index contributed by atoms with van der Waals surface area (Å²) in [5.41, 5.74) is 0. The minimum atomic E-state index is 0.372. The first-order valence-electron chi connectivity index (χ1n) is 7.65. The number of nitrogens with one attached hydrogen (secondary N) is 1. The van der Waals surface area contributed by atoms with E-state index in [-0.39, 0.29) is 0 Å². The van der Waals surface area contributed by atoms with Crippen molar-refractivity contribution in [2.45, 2.75) is 25.3 Å². The first-order valence-corrected chi connectivity index (χ1v) is 7.65. The highest BCUT2D eigenvalue weighted by Crippen LogP contribution is 2.28. The van der Waals surface area contributed by atoms with Gasteiger partial charge < -0.3 is 15.0 Å². The lowest BCUT2D eigenvalue weighted by Gasteiger charge is -2.44. The Bertz CT molecular complexity index is 318. The summed E-state index contributed by atoms with van der Waals surface area (Å²) >= 11 is 0. The minimum absolute atomic E-state index is 0.372. The summed E-state index contributed by atoms with van der Waals surface area (Å²) in [5.74, 6) is 1.05. The molecule has 3 saturated heterocycles. The van der Waals surface area contributed by atoms with Crippen molar-refractivity contribution >= 4 is 5.91 Å². The normalized spacial score (nSPS) is 33.3. The molecule has 3 rings (SSSR count). The fourth-order valence-corrected chi connectivity index (χ4v) is 3.62. The molecule has 0 saturated carbocycles. The lowest BCUT2D eigenvalue weighted by molar-refractivity contribution is -0.140. The molecule has 3 aliphatic heterocycles. The van der Waals surface area contributed by atoms with Gasteiger partial charge in [0, 0.05) is 38.6 Å². The molecule has 3 heterocycles. The lowest BCUT2D eigenvalue weighted by atomic mass is 9.84. The Hall–Kier alpha value is -0.650. The Morgan fingerprint density at radius 2 is 2.05 bits per heavy atom. The average Bonchev–Trinajstić information content (AvgIpc) is 2.47. The van der Waals surface area contributed by atoms with E-state index in [9.17, 15) is 4.79 Å². The smallest absolute Gasteiger partial charge is 0.222 e. The number of hydrogen-bond acceptors (Lipinski definition) is 4. The van der Waals surface area contributed by atoms with Crippen molar-refractivity contribution in [2.75, 3.05) is 52.5 Å². The summed E-state index contributed by atoms with van der Waals surface area (Å²) in [5, 5.41) is 3.46. The van der Waals surface area contributed by atoms with Crippen LogP contribution in [0.3, 0.4) is 0 Å². The van der Waals surface area contributed by atoms with Crippen LogP contribution in [-0.4, -0.2) is 74.2 Å². The highest BCUT2D eigenvalue weighted by atomic mass is 16.5. The highest BCUT2D eigenvalue weighted by molar-refractivity contribution is 5.77. The van der Waals surface area contributed by atoms with Crippen LogP contribution in [0.25, 0.3) is 0 Å². The molecule has 0 aliphatic carbocycles. The van der Waals surface area contributed by atoms with Gasteiger partial charge in [-0.2, -0.15) is 0 Å². The monoisotopic (exact) mass is 267 g/mol. The van der Waals surface area contributed by atoms with Crippen molar-refractivity contribution in [3.63, 3.8) is 0 Å². The van der Waals surface area contributed by atoms with Crippen LogP contribution in [0, 0.1) is 5.92 Å². The molecule has 5 heteroatoms. The van der Waals surface area contributed by atoms with Gasteiger partial charge in [0.25, 0.3) is 0 Å². The average molecular weight is 267 g/mol. The fourth-order valence-electron chi connectivity index (χ4n) is 3.62. The van der Waals surface area contributed by atoms with Crippen LogP contribution in [0.4, 0.5) is 0 Å². The van der Waals surface area contributed by atoms with E-state index in [1.165, 1.54) is 0 Å². The van der Waals surface area contributed by atoms with E-state index < -0.39 is 0 Å². The molecule has 19 heavy (non-hydrogen) atoms. The lowest BCUT2D eigenvalue weighted by Crippen LogP contribution is -2.56. The van der Waals surface area contributed by atoms with Crippen LogP contribution in [0.5, 0.6) is 0 Å². The van der Waals surface area contributed by atoms with Crippen LogP contribution in [0.15, 0.2) is 0 Å². The first-order chi connectivity index (χ1) is 9.34. The van der Waals surface area contributed by atoms with Crippen LogP contribution in [0.1, 0.15) is 19.3 Å². The van der Waals surface area contributed by atoms with E-state index in [1.807, 2.05) is 0 Å². The Morgan fingerprint density at radius 3 is 2.89 bits per heavy atom. The van der Waals surface area contributed by atoms with E-state index >= 15 is 0 Å². The number of piperidine rings is 2. The zero-order chi connectivity index (χ0) is 13.1. The topological polar surface area (TPSA) is 44.8 Å². The van der Waals surface area contributed by atoms with E-state index in [0.717, 1.165) is 71.7 Å². The number of hydrogen-bond donors (Lipinski definition) is 1. The Labute approximate surface area is 115 Å². The van der Waals surface area contributed by atoms with Crippen LogP contribution in [0.2, 0.25) is 0 Å². The van der Waals surface area contributed by atoms with Gasteiger partial charge >= 0.3 is 0 Å². The SMILES string of the molecule is O=C1CCC2CNCCC2N1CCN1CCOCC1. The van der Waals surface area contributed by atoms with Gasteiger partial charge in [-0.15, -0.1) is 0 Å². The zero-order valence-electron chi connectivity index (χ0n) is 11.6. The highest BCUT2D eigenvalue weighted by Gasteiger charge is 2.36. The van der Waals surface area contributed by atoms with Crippen molar-refractivity contribution in [2.24, 2.45) is 5.92 Å². The first kappa shape index (κ1) is 13.3. The van der Waals surface area contributed by atoms with Gasteiger partial charge in [0.2, 0.25) is 5.91 Å². The maximum atomic E-state index is 12.2. The second-order valence-corrected chi connectivity index (χ2v) is 5.90. The number of carbonyl (C=O) groups excluding carboxylic acids is 1. The Kier molecular flexibility index (Phi) is 4.35. The van der Waals surface area contributed by atoms with Gasteiger partial charge in [-0.3, -0.25) is 9.69 Å². The van der Waals surface area contributed by atoms with Crippen LogP contribution < -0.4 is 5.32 Å². The summed E-state index contributed by atoms with van der Waals surface area (Å²) in [6, 6.07) is 0.489. The van der Waals surface area contributed by atoms with Gasteiger partial charge in [-0.25, -0.2) is 0 Å². The van der Waals surface area contributed by atoms with Crippen LogP contribution >= 0.6 is 0 Å². The third-order valence-corrected chi connectivity index (χ3v) is 4.78. The standard InChI is InChI=1S/C14H25N3O2/c18-14-2-1-12-11-15-4-3-13(12)17(14)6-5-16-7-9-19-10-8-16/h12-13,15H,1-11H2. The molecule has 0 aromatic carbocycles. The van der Waals surface area contributed by atoms with E-state index in [2.05, 4.69) is 15.1 Å². The zero-order valence-corrected chi connectivity index (χ0v) is 11.6. The summed E-state index contributed by atoms with van der Waals surface area (Å²) in [7, 11) is 0. The van der Waals surface area contributed by atoms with Crippen molar-refractivity contribution < 1.29 is 9.53 Å². The predicted molar refractivity (Wildman–Crippen MR) is 73.0 cm³/mol. The predicted octanol–water partition coefficient (Wildman–Crippen LogP) is -0.0809. The summed E-state index contributed by atoms with van der Waals surface area (Å²) in [6.07, 6.45) is 2.94. The van der Waals surface area contributed by atoms with Crippen molar-refractivity contribution in [1.82, 2.24) is 15.1 Å². The maximum Gasteiger partial charge on any atom is 0.222 e. The molecule has 108 valence electrons. The third-order valence-electron chi connectivity index (χ3n) is 4.78. The molecule has 0 bridgehead atoms. The van der Waals surface area contributed by atoms with Gasteiger partial charge in [-0.1, -0.05) is 0 Å². The van der Waals surface area contributed by atoms with Crippen molar-refractivity contribution in [1.29, 1.82) is 0 Å². The van der Waals surface area contributed by atoms with E-state index in [0.29, 0.717) is 17.9 Å². The van der Waals surface area contributed by atoms with Crippen LogP contribution in [-0.2, 0) is 9.53 Å². The molecule has 2 atom stereocenters. The van der Waals surface area contributed by atoms with Gasteiger partial charge in [0.05, 0.1) is 13.2 Å². The molecule has 1 amide bonds. The maximum absolute atomic E-state index is 12.2. The van der Waals surface area contributed by atoms with Gasteiger partial charge in [0.1, 0.15) is 0 Å². The molecule has 0 aromatic rings. The number of morpholine rings is 1.